The molecular formula is C16H21NOSi. The molecule has 19 heavy (non-hydrogen) atoms. The lowest BCUT2D eigenvalue weighted by Gasteiger charge is -2.27. The van der Waals surface area contributed by atoms with E-state index in [1.165, 1.54) is 10.8 Å². The van der Waals surface area contributed by atoms with Crippen LogP contribution in [0.4, 0.5) is 0 Å². The third kappa shape index (κ3) is 3.04. The lowest BCUT2D eigenvalue weighted by molar-refractivity contribution is 0.0978. The molecule has 1 N–H and O–H groups in total. The number of amides is 1. The van der Waals surface area contributed by atoms with Crippen molar-refractivity contribution < 1.29 is 4.79 Å². The van der Waals surface area contributed by atoms with E-state index in [-0.39, 0.29) is 5.91 Å². The van der Waals surface area contributed by atoms with Gasteiger partial charge in [0.2, 0.25) is 5.91 Å². The zero-order chi connectivity index (χ0) is 13.9. The average molecular weight is 271 g/mol. The maximum absolute atomic E-state index is 12.3. The Kier molecular flexibility index (Phi) is 4.05. The summed E-state index contributed by atoms with van der Waals surface area (Å²) in [5.41, 5.74) is 2.15. The van der Waals surface area contributed by atoms with Crippen molar-refractivity contribution >= 4 is 14.1 Å². The van der Waals surface area contributed by atoms with Crippen LogP contribution < -0.4 is 4.98 Å². The summed E-state index contributed by atoms with van der Waals surface area (Å²) < 4.78 is 0. The summed E-state index contributed by atoms with van der Waals surface area (Å²) in [6.45, 7) is 6.60. The third-order valence-corrected chi connectivity index (χ3v) is 6.51. The number of rotatable bonds is 4. The topological polar surface area (TPSA) is 29.1 Å². The van der Waals surface area contributed by atoms with Crippen molar-refractivity contribution in [1.82, 2.24) is 4.98 Å². The van der Waals surface area contributed by atoms with E-state index in [0.717, 1.165) is 18.4 Å². The van der Waals surface area contributed by atoms with Gasteiger partial charge in [0.25, 0.3) is 0 Å². The molecule has 0 aromatic heterocycles. The number of hydrogen-bond donors (Lipinski definition) is 1. The molecule has 1 aliphatic carbocycles. The zero-order valence-corrected chi connectivity index (χ0v) is 12.9. The number of benzene rings is 1. The molecule has 1 amide bonds. The first-order valence-electron chi connectivity index (χ1n) is 6.81. The molecule has 0 fully saturated rings. The minimum atomic E-state index is -1.88. The van der Waals surface area contributed by atoms with Gasteiger partial charge in [-0.15, -0.1) is 0 Å². The Morgan fingerprint density at radius 2 is 1.95 bits per heavy atom. The van der Waals surface area contributed by atoms with Gasteiger partial charge in [0.1, 0.15) is 0 Å². The van der Waals surface area contributed by atoms with Gasteiger partial charge in [0.15, 0.2) is 8.24 Å². The van der Waals surface area contributed by atoms with Gasteiger partial charge in [-0.05, 0) is 38.1 Å². The van der Waals surface area contributed by atoms with Gasteiger partial charge in [-0.1, -0.05) is 48.0 Å². The summed E-state index contributed by atoms with van der Waals surface area (Å²) in [7, 11) is -1.88. The Bertz CT molecular complexity index is 529. The van der Waals surface area contributed by atoms with E-state index in [4.69, 9.17) is 0 Å². The van der Waals surface area contributed by atoms with Crippen LogP contribution in [0.5, 0.6) is 0 Å². The molecule has 0 atom stereocenters. The normalized spacial score (nSPS) is 14.9. The van der Waals surface area contributed by atoms with E-state index in [0.29, 0.717) is 0 Å². The van der Waals surface area contributed by atoms with Gasteiger partial charge in [-0.25, -0.2) is 0 Å². The molecule has 0 heterocycles. The SMILES string of the molecule is CCC1=C([Si](C)(C)NC(=O)c2ccccc2)CC=C1. The molecule has 1 aromatic carbocycles. The quantitative estimate of drug-likeness (QED) is 0.829. The standard InChI is InChI=1S/C16H21NOSi/c1-4-13-11-8-12-15(13)19(2,3)17-16(18)14-9-6-5-7-10-14/h5-11H,4,12H2,1-3H3,(H,17,18). The van der Waals surface area contributed by atoms with Crippen LogP contribution in [0, 0.1) is 0 Å². The maximum Gasteiger partial charge on any atom is 0.243 e. The molecule has 0 saturated carbocycles. The highest BCUT2D eigenvalue weighted by Crippen LogP contribution is 2.28. The first-order chi connectivity index (χ1) is 9.04. The number of hydrogen-bond acceptors (Lipinski definition) is 1. The van der Waals surface area contributed by atoms with Crippen LogP contribution in [0.15, 0.2) is 53.3 Å². The Balaban J connectivity index is 2.16. The predicted octanol–water partition coefficient (Wildman–Crippen LogP) is 3.83. The van der Waals surface area contributed by atoms with Crippen LogP contribution in [0.1, 0.15) is 30.1 Å². The second kappa shape index (κ2) is 5.57. The highest BCUT2D eigenvalue weighted by molar-refractivity contribution is 6.84. The first-order valence-corrected chi connectivity index (χ1v) is 9.81. The molecule has 2 rings (SSSR count). The summed E-state index contributed by atoms with van der Waals surface area (Å²) in [5, 5.41) is 1.46. The van der Waals surface area contributed by atoms with Gasteiger partial charge in [0.05, 0.1) is 0 Å². The van der Waals surface area contributed by atoms with Crippen molar-refractivity contribution in [2.75, 3.05) is 0 Å². The van der Waals surface area contributed by atoms with Crippen molar-refractivity contribution in [2.45, 2.75) is 32.9 Å². The third-order valence-electron chi connectivity index (χ3n) is 3.63. The lowest BCUT2D eigenvalue weighted by atomic mass is 10.2. The van der Waals surface area contributed by atoms with Gasteiger partial charge < -0.3 is 4.98 Å². The van der Waals surface area contributed by atoms with Crippen LogP contribution in [-0.2, 0) is 0 Å². The van der Waals surface area contributed by atoms with Crippen LogP contribution in [0.2, 0.25) is 13.1 Å². The summed E-state index contributed by atoms with van der Waals surface area (Å²) >= 11 is 0. The van der Waals surface area contributed by atoms with Crippen molar-refractivity contribution in [3.63, 3.8) is 0 Å². The van der Waals surface area contributed by atoms with Gasteiger partial charge >= 0.3 is 0 Å². The summed E-state index contributed by atoms with van der Waals surface area (Å²) in [6.07, 6.45) is 6.46. The summed E-state index contributed by atoms with van der Waals surface area (Å²) in [6, 6.07) is 9.45. The van der Waals surface area contributed by atoms with Crippen LogP contribution in [0.3, 0.4) is 0 Å². The summed E-state index contributed by atoms with van der Waals surface area (Å²) in [5.74, 6) is 0.0483. The van der Waals surface area contributed by atoms with E-state index < -0.39 is 8.24 Å². The Morgan fingerprint density at radius 3 is 2.58 bits per heavy atom. The number of carbonyl (C=O) groups is 1. The fraction of sp³-hybridized carbons (Fsp3) is 0.312. The summed E-state index contributed by atoms with van der Waals surface area (Å²) in [4.78, 5) is 15.6. The van der Waals surface area contributed by atoms with Crippen molar-refractivity contribution in [3.8, 4) is 0 Å². The number of nitrogens with one attached hydrogen (secondary N) is 1. The van der Waals surface area contributed by atoms with E-state index in [2.05, 4.69) is 37.2 Å². The molecule has 3 heteroatoms. The van der Waals surface area contributed by atoms with Crippen molar-refractivity contribution in [2.24, 2.45) is 0 Å². The van der Waals surface area contributed by atoms with Crippen LogP contribution in [0.25, 0.3) is 0 Å². The zero-order valence-electron chi connectivity index (χ0n) is 11.9. The molecule has 0 aliphatic heterocycles. The molecule has 100 valence electrons. The molecule has 0 spiro atoms. The molecule has 0 unspecified atom stereocenters. The van der Waals surface area contributed by atoms with Gasteiger partial charge in [0, 0.05) is 5.56 Å². The molecular weight excluding hydrogens is 250 g/mol. The fourth-order valence-electron chi connectivity index (χ4n) is 2.56. The van der Waals surface area contributed by atoms with Crippen LogP contribution >= 0.6 is 0 Å². The molecule has 2 nitrogen and oxygen atoms in total. The van der Waals surface area contributed by atoms with Gasteiger partial charge in [-0.3, -0.25) is 4.79 Å². The second-order valence-electron chi connectivity index (χ2n) is 5.41. The Labute approximate surface area is 116 Å². The van der Waals surface area contributed by atoms with Gasteiger partial charge in [-0.2, -0.15) is 0 Å². The predicted molar refractivity (Wildman–Crippen MR) is 82.5 cm³/mol. The minimum Gasteiger partial charge on any atom is -0.374 e. The number of allylic oxidation sites excluding steroid dienone is 4. The van der Waals surface area contributed by atoms with Crippen molar-refractivity contribution in [3.05, 3.63) is 58.8 Å². The maximum atomic E-state index is 12.3. The highest BCUT2D eigenvalue weighted by atomic mass is 28.3. The molecule has 0 saturated heterocycles. The second-order valence-corrected chi connectivity index (χ2v) is 9.51. The largest absolute Gasteiger partial charge is 0.374 e. The highest BCUT2D eigenvalue weighted by Gasteiger charge is 2.31. The van der Waals surface area contributed by atoms with Crippen LogP contribution in [-0.4, -0.2) is 14.1 Å². The molecule has 1 aromatic rings. The molecule has 0 bridgehead atoms. The smallest absolute Gasteiger partial charge is 0.243 e. The monoisotopic (exact) mass is 271 g/mol. The Hall–Kier alpha value is -1.61. The molecule has 0 radical (unpaired) electrons. The lowest BCUT2D eigenvalue weighted by Crippen LogP contribution is -2.50. The average Bonchev–Trinajstić information content (AvgIpc) is 2.88. The van der Waals surface area contributed by atoms with E-state index in [1.807, 2.05) is 30.3 Å². The Morgan fingerprint density at radius 1 is 1.26 bits per heavy atom. The fourth-order valence-corrected chi connectivity index (χ4v) is 5.11. The minimum absolute atomic E-state index is 0.0483. The van der Waals surface area contributed by atoms with E-state index in [1.54, 1.807) is 0 Å². The molecule has 1 aliphatic rings. The van der Waals surface area contributed by atoms with E-state index in [9.17, 15) is 4.79 Å². The number of carbonyl (C=O) groups excluding carboxylic acids is 1. The first kappa shape index (κ1) is 13.8. The van der Waals surface area contributed by atoms with E-state index >= 15 is 0 Å². The van der Waals surface area contributed by atoms with Crippen molar-refractivity contribution in [1.29, 1.82) is 0 Å².